The van der Waals surface area contributed by atoms with Crippen molar-refractivity contribution in [1.29, 1.82) is 0 Å². The first kappa shape index (κ1) is 19.0. The van der Waals surface area contributed by atoms with E-state index >= 15 is 0 Å². The van der Waals surface area contributed by atoms with Crippen LogP contribution in [0, 0.1) is 13.8 Å². The van der Waals surface area contributed by atoms with Gasteiger partial charge in [0.25, 0.3) is 5.91 Å². The number of carbonyl (C=O) groups is 1. The molecule has 1 saturated carbocycles. The van der Waals surface area contributed by atoms with E-state index in [0.717, 1.165) is 5.56 Å². The first-order valence-electron chi connectivity index (χ1n) is 8.94. The molecule has 26 heavy (non-hydrogen) atoms. The molecule has 4 nitrogen and oxygen atoms in total. The predicted molar refractivity (Wildman–Crippen MR) is 108 cm³/mol. The van der Waals surface area contributed by atoms with Crippen molar-refractivity contribution in [1.82, 2.24) is 9.99 Å². The van der Waals surface area contributed by atoms with Gasteiger partial charge in [-0.25, -0.2) is 5.43 Å². The van der Waals surface area contributed by atoms with Crippen molar-refractivity contribution in [3.05, 3.63) is 56.8 Å². The number of rotatable bonds is 4. The largest absolute Gasteiger partial charge is 0.345 e. The summed E-state index contributed by atoms with van der Waals surface area (Å²) in [6, 6.07) is 7.45. The smallest absolute Gasteiger partial charge is 0.271 e. The van der Waals surface area contributed by atoms with E-state index in [9.17, 15) is 4.79 Å². The molecule has 6 heteroatoms. The second-order valence-electron chi connectivity index (χ2n) is 6.82. The number of aryl methyl sites for hydroxylation is 1. The highest BCUT2D eigenvalue weighted by Gasteiger charge is 2.19. The van der Waals surface area contributed by atoms with Gasteiger partial charge in [-0.05, 0) is 51.0 Å². The monoisotopic (exact) mass is 391 g/mol. The van der Waals surface area contributed by atoms with Gasteiger partial charge in [-0.1, -0.05) is 42.5 Å². The van der Waals surface area contributed by atoms with Crippen molar-refractivity contribution < 1.29 is 4.79 Å². The third-order valence-corrected chi connectivity index (χ3v) is 5.75. The first-order valence-corrected chi connectivity index (χ1v) is 9.70. The Morgan fingerprint density at radius 3 is 2.58 bits per heavy atom. The molecule has 0 atom stereocenters. The van der Waals surface area contributed by atoms with Gasteiger partial charge < -0.3 is 4.57 Å². The zero-order chi connectivity index (χ0) is 18.7. The molecular formula is C20H23Cl2N3O. The standard InChI is InChI=1S/C20H23Cl2N3O/c1-13-10-16(14(2)25(13)17-6-4-3-5-7-17)12-23-24-20(26)15-8-9-18(21)19(22)11-15/h8-12,17H,3-7H2,1-2H3,(H,24,26)/b23-12-. The van der Waals surface area contributed by atoms with E-state index in [1.807, 2.05) is 0 Å². The fourth-order valence-corrected chi connectivity index (χ4v) is 3.99. The maximum absolute atomic E-state index is 12.2. The van der Waals surface area contributed by atoms with Crippen LogP contribution in [0.25, 0.3) is 0 Å². The Kier molecular flexibility index (Phi) is 6.05. The minimum Gasteiger partial charge on any atom is -0.345 e. The van der Waals surface area contributed by atoms with E-state index in [2.05, 4.69) is 35.0 Å². The van der Waals surface area contributed by atoms with Gasteiger partial charge in [-0.2, -0.15) is 5.10 Å². The van der Waals surface area contributed by atoms with Gasteiger partial charge in [0.15, 0.2) is 0 Å². The Morgan fingerprint density at radius 2 is 1.88 bits per heavy atom. The number of halogens is 2. The number of benzene rings is 1. The third kappa shape index (κ3) is 4.13. The molecule has 1 aliphatic rings. The predicted octanol–water partition coefficient (Wildman–Crippen LogP) is 5.68. The molecule has 1 heterocycles. The lowest BCUT2D eigenvalue weighted by Gasteiger charge is -2.26. The molecule has 0 saturated heterocycles. The average molecular weight is 392 g/mol. The van der Waals surface area contributed by atoms with Gasteiger partial charge in [0.05, 0.1) is 16.3 Å². The highest BCUT2D eigenvalue weighted by Crippen LogP contribution is 2.31. The number of hydrazone groups is 1. The molecule has 1 aliphatic carbocycles. The molecule has 0 spiro atoms. The summed E-state index contributed by atoms with van der Waals surface area (Å²) in [6.45, 7) is 4.25. The fourth-order valence-electron chi connectivity index (χ4n) is 3.70. The highest BCUT2D eigenvalue weighted by molar-refractivity contribution is 6.42. The number of nitrogens with one attached hydrogen (secondary N) is 1. The van der Waals surface area contributed by atoms with Gasteiger partial charge in [0.2, 0.25) is 0 Å². The lowest BCUT2D eigenvalue weighted by molar-refractivity contribution is 0.0955. The Labute approximate surface area is 164 Å². The summed E-state index contributed by atoms with van der Waals surface area (Å²) in [7, 11) is 0. The van der Waals surface area contributed by atoms with Crippen LogP contribution in [-0.4, -0.2) is 16.7 Å². The molecule has 2 aromatic rings. The number of hydrogen-bond acceptors (Lipinski definition) is 2. The normalized spacial score (nSPS) is 15.5. The number of hydrogen-bond donors (Lipinski definition) is 1. The molecule has 3 rings (SSSR count). The maximum Gasteiger partial charge on any atom is 0.271 e. The molecule has 1 aromatic heterocycles. The zero-order valence-electron chi connectivity index (χ0n) is 15.1. The minimum atomic E-state index is -0.319. The summed E-state index contributed by atoms with van der Waals surface area (Å²) >= 11 is 11.8. The molecule has 1 amide bonds. The van der Waals surface area contributed by atoms with Crippen LogP contribution in [0.3, 0.4) is 0 Å². The average Bonchev–Trinajstić information content (AvgIpc) is 2.91. The van der Waals surface area contributed by atoms with Crippen molar-refractivity contribution >= 4 is 35.3 Å². The molecule has 1 N–H and O–H groups in total. The van der Waals surface area contributed by atoms with Crippen LogP contribution in [0.1, 0.15) is 65.5 Å². The van der Waals surface area contributed by atoms with E-state index in [-0.39, 0.29) is 5.91 Å². The van der Waals surface area contributed by atoms with E-state index in [4.69, 9.17) is 23.2 Å². The molecule has 138 valence electrons. The molecular weight excluding hydrogens is 369 g/mol. The lowest BCUT2D eigenvalue weighted by atomic mass is 9.95. The number of carbonyl (C=O) groups excluding carboxylic acids is 1. The Balaban J connectivity index is 1.70. The maximum atomic E-state index is 12.2. The summed E-state index contributed by atoms with van der Waals surface area (Å²) in [5.41, 5.74) is 6.44. The van der Waals surface area contributed by atoms with Crippen LogP contribution in [0.4, 0.5) is 0 Å². The number of aromatic nitrogens is 1. The highest BCUT2D eigenvalue weighted by atomic mass is 35.5. The molecule has 0 aliphatic heterocycles. The van der Waals surface area contributed by atoms with Gasteiger partial charge in [-0.15, -0.1) is 0 Å². The lowest BCUT2D eigenvalue weighted by Crippen LogP contribution is -2.17. The number of amides is 1. The van der Waals surface area contributed by atoms with Crippen molar-refractivity contribution in [2.24, 2.45) is 5.10 Å². The van der Waals surface area contributed by atoms with Crippen molar-refractivity contribution in [3.63, 3.8) is 0 Å². The summed E-state index contributed by atoms with van der Waals surface area (Å²) in [4.78, 5) is 12.2. The second-order valence-corrected chi connectivity index (χ2v) is 7.63. The molecule has 1 aromatic carbocycles. The van der Waals surface area contributed by atoms with Crippen LogP contribution in [0.15, 0.2) is 29.4 Å². The molecule has 0 unspecified atom stereocenters. The summed E-state index contributed by atoms with van der Waals surface area (Å²) in [5, 5.41) is 4.88. The third-order valence-electron chi connectivity index (χ3n) is 5.01. The summed E-state index contributed by atoms with van der Waals surface area (Å²) in [6.07, 6.45) is 8.11. The second kappa shape index (κ2) is 8.28. The fraction of sp³-hybridized carbons (Fsp3) is 0.400. The van der Waals surface area contributed by atoms with E-state index in [0.29, 0.717) is 21.7 Å². The van der Waals surface area contributed by atoms with Gasteiger partial charge in [0, 0.05) is 28.6 Å². The SMILES string of the molecule is Cc1cc(/C=N\NC(=O)c2ccc(Cl)c(Cl)c2)c(C)n1C1CCCCC1. The summed E-state index contributed by atoms with van der Waals surface area (Å²) < 4.78 is 2.42. The van der Waals surface area contributed by atoms with Gasteiger partial charge in [-0.3, -0.25) is 4.79 Å². The molecule has 0 bridgehead atoms. The molecule has 0 radical (unpaired) electrons. The van der Waals surface area contributed by atoms with E-state index in [1.54, 1.807) is 18.3 Å². The van der Waals surface area contributed by atoms with Gasteiger partial charge in [0.1, 0.15) is 0 Å². The van der Waals surface area contributed by atoms with Crippen molar-refractivity contribution in [2.75, 3.05) is 0 Å². The first-order chi connectivity index (χ1) is 12.5. The molecule has 1 fully saturated rings. The quantitative estimate of drug-likeness (QED) is 0.528. The van der Waals surface area contributed by atoms with Crippen LogP contribution < -0.4 is 5.43 Å². The Bertz CT molecular complexity index is 836. The minimum absolute atomic E-state index is 0.319. The number of nitrogens with zero attached hydrogens (tertiary/aromatic N) is 2. The van der Waals surface area contributed by atoms with Crippen LogP contribution in [0.2, 0.25) is 10.0 Å². The van der Waals surface area contributed by atoms with Crippen LogP contribution >= 0.6 is 23.2 Å². The zero-order valence-corrected chi connectivity index (χ0v) is 16.6. The summed E-state index contributed by atoms with van der Waals surface area (Å²) in [5.74, 6) is -0.319. The Morgan fingerprint density at radius 1 is 1.15 bits per heavy atom. The topological polar surface area (TPSA) is 46.4 Å². The van der Waals surface area contributed by atoms with Crippen LogP contribution in [0.5, 0.6) is 0 Å². The van der Waals surface area contributed by atoms with Crippen molar-refractivity contribution in [3.8, 4) is 0 Å². The Hall–Kier alpha value is -1.78. The van der Waals surface area contributed by atoms with Gasteiger partial charge >= 0.3 is 0 Å². The van der Waals surface area contributed by atoms with E-state index in [1.165, 1.54) is 49.6 Å². The van der Waals surface area contributed by atoms with Crippen LogP contribution in [-0.2, 0) is 0 Å². The van der Waals surface area contributed by atoms with Crippen molar-refractivity contribution in [2.45, 2.75) is 52.0 Å². The van der Waals surface area contributed by atoms with E-state index < -0.39 is 0 Å².